The van der Waals surface area contributed by atoms with Crippen LogP contribution in [0.2, 0.25) is 0 Å². The van der Waals surface area contributed by atoms with Gasteiger partial charge in [-0.15, -0.1) is 11.3 Å². The number of thiazole rings is 1. The van der Waals surface area contributed by atoms with E-state index in [1.807, 2.05) is 10.8 Å². The molecular formula is C14H12N4OS2. The summed E-state index contributed by atoms with van der Waals surface area (Å²) >= 11 is 3.18. The Morgan fingerprint density at radius 2 is 2.14 bits per heavy atom. The van der Waals surface area contributed by atoms with Gasteiger partial charge in [0.1, 0.15) is 11.3 Å². The summed E-state index contributed by atoms with van der Waals surface area (Å²) < 4.78 is 0. The molecule has 3 aromatic heterocycles. The Hall–Kier alpha value is -2.12. The summed E-state index contributed by atoms with van der Waals surface area (Å²) in [5, 5.41) is 9.92. The normalized spacial score (nSPS) is 12.0. The number of carbonyl (C=O) groups is 1. The Morgan fingerprint density at radius 3 is 2.81 bits per heavy atom. The quantitative estimate of drug-likeness (QED) is 0.786. The Bertz CT molecular complexity index is 683. The fourth-order valence-electron chi connectivity index (χ4n) is 1.91. The zero-order valence-electron chi connectivity index (χ0n) is 11.0. The number of hydrogen-bond donors (Lipinski definition) is 1. The smallest absolute Gasteiger partial charge is 0.254 e. The molecule has 3 rings (SSSR count). The van der Waals surface area contributed by atoms with Crippen LogP contribution in [0.1, 0.15) is 27.0 Å². The van der Waals surface area contributed by atoms with Gasteiger partial charge in [-0.2, -0.15) is 11.3 Å². The second kappa shape index (κ2) is 6.55. The second-order valence-electron chi connectivity index (χ2n) is 4.36. The van der Waals surface area contributed by atoms with Gasteiger partial charge >= 0.3 is 0 Å². The van der Waals surface area contributed by atoms with E-state index in [0.29, 0.717) is 5.56 Å². The third kappa shape index (κ3) is 3.50. The van der Waals surface area contributed by atoms with Crippen molar-refractivity contribution in [3.63, 3.8) is 0 Å². The maximum atomic E-state index is 12.3. The van der Waals surface area contributed by atoms with Crippen LogP contribution in [0.3, 0.4) is 0 Å². The maximum absolute atomic E-state index is 12.3. The lowest BCUT2D eigenvalue weighted by atomic mass is 10.1. The summed E-state index contributed by atoms with van der Waals surface area (Å²) in [4.78, 5) is 24.3. The first-order valence-corrected chi connectivity index (χ1v) is 8.11. The molecule has 0 fully saturated rings. The average molecular weight is 316 g/mol. The molecule has 5 nitrogen and oxygen atoms in total. The van der Waals surface area contributed by atoms with E-state index in [1.165, 1.54) is 35.6 Å². The van der Waals surface area contributed by atoms with E-state index in [4.69, 9.17) is 0 Å². The predicted octanol–water partition coefficient (Wildman–Crippen LogP) is 2.71. The Morgan fingerprint density at radius 1 is 1.29 bits per heavy atom. The van der Waals surface area contributed by atoms with E-state index in [-0.39, 0.29) is 11.9 Å². The fraction of sp³-hybridized carbons (Fsp3) is 0.143. The lowest BCUT2D eigenvalue weighted by Crippen LogP contribution is -2.30. The predicted molar refractivity (Wildman–Crippen MR) is 82.4 cm³/mol. The minimum atomic E-state index is -0.189. The first-order valence-electron chi connectivity index (χ1n) is 6.29. The molecule has 1 amide bonds. The van der Waals surface area contributed by atoms with Crippen LogP contribution in [-0.4, -0.2) is 20.9 Å². The van der Waals surface area contributed by atoms with Crippen LogP contribution in [0, 0.1) is 0 Å². The highest BCUT2D eigenvalue weighted by atomic mass is 32.1. The van der Waals surface area contributed by atoms with Crippen molar-refractivity contribution in [2.75, 3.05) is 0 Å². The van der Waals surface area contributed by atoms with Gasteiger partial charge in [-0.25, -0.2) is 15.0 Å². The molecule has 0 bridgehead atoms. The van der Waals surface area contributed by atoms with E-state index in [0.717, 1.165) is 11.4 Å². The topological polar surface area (TPSA) is 67.8 Å². The lowest BCUT2D eigenvalue weighted by Gasteiger charge is -2.15. The largest absolute Gasteiger partial charge is 0.342 e. The molecule has 3 aromatic rings. The lowest BCUT2D eigenvalue weighted by molar-refractivity contribution is 0.0935. The Kier molecular flexibility index (Phi) is 4.32. The van der Waals surface area contributed by atoms with Gasteiger partial charge in [0, 0.05) is 30.4 Å². The molecule has 21 heavy (non-hydrogen) atoms. The van der Waals surface area contributed by atoms with Gasteiger partial charge in [0.2, 0.25) is 0 Å². The standard InChI is InChI=1S/C14H12N4OS2/c19-13(11-6-15-9-16-7-11)18-12(14-17-2-4-21-14)5-10-1-3-20-8-10/h1-4,6-9,12H,5H2,(H,18,19). The van der Waals surface area contributed by atoms with Crippen LogP contribution < -0.4 is 5.32 Å². The number of rotatable bonds is 5. The van der Waals surface area contributed by atoms with Crippen LogP contribution in [-0.2, 0) is 6.42 Å². The van der Waals surface area contributed by atoms with Crippen molar-refractivity contribution in [2.45, 2.75) is 12.5 Å². The number of carbonyl (C=O) groups excluding carboxylic acids is 1. The minimum absolute atomic E-state index is 0.146. The molecule has 0 spiro atoms. The average Bonchev–Trinajstić information content (AvgIpc) is 3.21. The van der Waals surface area contributed by atoms with Crippen molar-refractivity contribution < 1.29 is 4.79 Å². The summed E-state index contributed by atoms with van der Waals surface area (Å²) in [6.45, 7) is 0. The van der Waals surface area contributed by atoms with Gasteiger partial charge in [-0.05, 0) is 22.4 Å². The monoisotopic (exact) mass is 316 g/mol. The summed E-state index contributed by atoms with van der Waals surface area (Å²) in [5.74, 6) is -0.189. The van der Waals surface area contributed by atoms with Gasteiger partial charge in [0.15, 0.2) is 0 Å². The summed E-state index contributed by atoms with van der Waals surface area (Å²) in [7, 11) is 0. The molecule has 0 aliphatic heterocycles. The highest BCUT2D eigenvalue weighted by Gasteiger charge is 2.19. The summed E-state index contributed by atoms with van der Waals surface area (Å²) in [6.07, 6.45) is 6.88. The molecule has 106 valence electrons. The van der Waals surface area contributed by atoms with E-state index < -0.39 is 0 Å². The molecule has 0 aliphatic carbocycles. The van der Waals surface area contributed by atoms with E-state index in [1.54, 1.807) is 17.5 Å². The zero-order chi connectivity index (χ0) is 14.5. The van der Waals surface area contributed by atoms with Crippen LogP contribution in [0.5, 0.6) is 0 Å². The molecule has 0 aliphatic rings. The Labute approximate surface area is 129 Å². The summed E-state index contributed by atoms with van der Waals surface area (Å²) in [6, 6.07) is 1.91. The van der Waals surface area contributed by atoms with Gasteiger partial charge < -0.3 is 5.32 Å². The molecular weight excluding hydrogens is 304 g/mol. The molecule has 1 atom stereocenters. The molecule has 0 radical (unpaired) electrons. The van der Waals surface area contributed by atoms with Crippen molar-refractivity contribution in [2.24, 2.45) is 0 Å². The highest BCUT2D eigenvalue weighted by Crippen LogP contribution is 2.22. The summed E-state index contributed by atoms with van der Waals surface area (Å²) in [5.41, 5.74) is 1.63. The first kappa shape index (κ1) is 13.8. The number of nitrogens with one attached hydrogen (secondary N) is 1. The SMILES string of the molecule is O=C(NC(Cc1ccsc1)c1nccs1)c1cncnc1. The molecule has 0 saturated heterocycles. The molecule has 7 heteroatoms. The number of hydrogen-bond acceptors (Lipinski definition) is 6. The first-order chi connectivity index (χ1) is 10.3. The van der Waals surface area contributed by atoms with Crippen LogP contribution in [0.25, 0.3) is 0 Å². The molecule has 0 aromatic carbocycles. The number of aromatic nitrogens is 3. The third-order valence-corrected chi connectivity index (χ3v) is 4.52. The van der Waals surface area contributed by atoms with Gasteiger partial charge in [-0.3, -0.25) is 4.79 Å². The number of thiophene rings is 1. The maximum Gasteiger partial charge on any atom is 0.254 e. The van der Waals surface area contributed by atoms with E-state index in [9.17, 15) is 4.79 Å². The minimum Gasteiger partial charge on any atom is -0.342 e. The highest BCUT2D eigenvalue weighted by molar-refractivity contribution is 7.09. The van der Waals surface area contributed by atoms with Gasteiger partial charge in [0.25, 0.3) is 5.91 Å². The zero-order valence-corrected chi connectivity index (χ0v) is 12.6. The van der Waals surface area contributed by atoms with Crippen molar-refractivity contribution >= 4 is 28.6 Å². The molecule has 1 unspecified atom stereocenters. The second-order valence-corrected chi connectivity index (χ2v) is 6.07. The van der Waals surface area contributed by atoms with Crippen LogP contribution in [0.4, 0.5) is 0 Å². The van der Waals surface area contributed by atoms with Crippen LogP contribution >= 0.6 is 22.7 Å². The van der Waals surface area contributed by atoms with Crippen LogP contribution in [0.15, 0.2) is 47.1 Å². The van der Waals surface area contributed by atoms with Crippen molar-refractivity contribution in [1.82, 2.24) is 20.3 Å². The molecule has 3 heterocycles. The molecule has 1 N–H and O–H groups in total. The third-order valence-electron chi connectivity index (χ3n) is 2.90. The Balaban J connectivity index is 1.78. The van der Waals surface area contributed by atoms with Gasteiger partial charge in [-0.1, -0.05) is 0 Å². The number of amides is 1. The van der Waals surface area contributed by atoms with Gasteiger partial charge in [0.05, 0.1) is 11.6 Å². The molecule has 0 saturated carbocycles. The number of nitrogens with zero attached hydrogens (tertiary/aromatic N) is 3. The fourth-order valence-corrected chi connectivity index (χ4v) is 3.28. The van der Waals surface area contributed by atoms with Crippen molar-refractivity contribution in [3.05, 3.63) is 63.3 Å². The van der Waals surface area contributed by atoms with Crippen molar-refractivity contribution in [1.29, 1.82) is 0 Å². The van der Waals surface area contributed by atoms with Crippen molar-refractivity contribution in [3.8, 4) is 0 Å². The van der Waals surface area contributed by atoms with E-state index in [2.05, 4.69) is 31.7 Å². The van der Waals surface area contributed by atoms with E-state index >= 15 is 0 Å².